The molecule has 1 heterocycles. The van der Waals surface area contributed by atoms with Gasteiger partial charge in [-0.15, -0.1) is 0 Å². The van der Waals surface area contributed by atoms with Gasteiger partial charge in [0.15, 0.2) is 0 Å². The predicted octanol–water partition coefficient (Wildman–Crippen LogP) is 0.907. The summed E-state index contributed by atoms with van der Waals surface area (Å²) in [4.78, 5) is 11.5. The van der Waals surface area contributed by atoms with Crippen LogP contribution in [-0.4, -0.2) is 19.1 Å². The minimum Gasteiger partial charge on any atom is -0.496 e. The molecule has 0 aromatic heterocycles. The van der Waals surface area contributed by atoms with Crippen LogP contribution in [0.4, 0.5) is 5.69 Å². The molecule has 1 aromatic rings. The van der Waals surface area contributed by atoms with Gasteiger partial charge < -0.3 is 15.8 Å². The Labute approximate surface area is 88.4 Å². The van der Waals surface area contributed by atoms with Crippen LogP contribution in [0, 0.1) is 0 Å². The molecular weight excluding hydrogens is 192 g/mol. The molecule has 2 rings (SSSR count). The zero-order valence-corrected chi connectivity index (χ0v) is 8.62. The quantitative estimate of drug-likeness (QED) is 0.717. The van der Waals surface area contributed by atoms with E-state index < -0.39 is 6.04 Å². The number of ether oxygens (including phenoxy) is 1. The maximum absolute atomic E-state index is 11.5. The number of amides is 1. The lowest BCUT2D eigenvalue weighted by molar-refractivity contribution is -0.117. The summed E-state index contributed by atoms with van der Waals surface area (Å²) in [6.07, 6.45) is 1.42. The molecule has 0 radical (unpaired) electrons. The highest BCUT2D eigenvalue weighted by atomic mass is 16.5. The van der Waals surface area contributed by atoms with E-state index in [1.807, 2.05) is 18.2 Å². The highest BCUT2D eigenvalue weighted by Crippen LogP contribution is 2.29. The molecule has 0 bridgehead atoms. The number of rotatable bonds is 1. The number of benzene rings is 1. The molecule has 1 aliphatic rings. The average molecular weight is 206 g/mol. The summed E-state index contributed by atoms with van der Waals surface area (Å²) in [7, 11) is 1.63. The van der Waals surface area contributed by atoms with Crippen LogP contribution in [-0.2, 0) is 11.2 Å². The Hall–Kier alpha value is -1.55. The van der Waals surface area contributed by atoms with E-state index >= 15 is 0 Å². The van der Waals surface area contributed by atoms with Gasteiger partial charge in [0.1, 0.15) is 5.75 Å². The van der Waals surface area contributed by atoms with Gasteiger partial charge in [0.25, 0.3) is 0 Å². The summed E-state index contributed by atoms with van der Waals surface area (Å²) in [5.74, 6) is 0.684. The number of hydrogen-bond donors (Lipinski definition) is 2. The van der Waals surface area contributed by atoms with Gasteiger partial charge >= 0.3 is 0 Å². The van der Waals surface area contributed by atoms with Gasteiger partial charge in [0.05, 0.1) is 13.2 Å². The highest BCUT2D eigenvalue weighted by Gasteiger charge is 2.21. The van der Waals surface area contributed by atoms with Gasteiger partial charge in [-0.3, -0.25) is 4.79 Å². The average Bonchev–Trinajstić information content (AvgIpc) is 2.39. The van der Waals surface area contributed by atoms with E-state index in [1.165, 1.54) is 0 Å². The summed E-state index contributed by atoms with van der Waals surface area (Å²) >= 11 is 0. The van der Waals surface area contributed by atoms with Crippen LogP contribution in [0.25, 0.3) is 0 Å². The van der Waals surface area contributed by atoms with E-state index in [1.54, 1.807) is 7.11 Å². The first kappa shape index (κ1) is 9.98. The van der Waals surface area contributed by atoms with Crippen molar-refractivity contribution in [1.82, 2.24) is 0 Å². The smallest absolute Gasteiger partial charge is 0.241 e. The molecule has 1 aromatic carbocycles. The van der Waals surface area contributed by atoms with E-state index in [2.05, 4.69) is 5.32 Å². The first-order valence-electron chi connectivity index (χ1n) is 4.94. The lowest BCUT2D eigenvalue weighted by Gasteiger charge is -2.10. The molecule has 1 unspecified atom stereocenters. The van der Waals surface area contributed by atoms with E-state index in [9.17, 15) is 4.79 Å². The van der Waals surface area contributed by atoms with Gasteiger partial charge in [0, 0.05) is 11.3 Å². The first-order valence-corrected chi connectivity index (χ1v) is 4.94. The van der Waals surface area contributed by atoms with Crippen molar-refractivity contribution in [3.05, 3.63) is 23.8 Å². The Kier molecular flexibility index (Phi) is 2.60. The summed E-state index contributed by atoms with van der Waals surface area (Å²) < 4.78 is 5.25. The van der Waals surface area contributed by atoms with Crippen LogP contribution in [0.3, 0.4) is 0 Å². The number of nitrogens with two attached hydrogens (primary N) is 1. The van der Waals surface area contributed by atoms with Crippen molar-refractivity contribution in [3.8, 4) is 5.75 Å². The molecule has 80 valence electrons. The monoisotopic (exact) mass is 206 g/mol. The molecule has 0 saturated carbocycles. The normalized spacial score (nSPS) is 20.1. The molecule has 0 aliphatic carbocycles. The third kappa shape index (κ3) is 1.80. The van der Waals surface area contributed by atoms with Crippen molar-refractivity contribution in [2.75, 3.05) is 12.4 Å². The van der Waals surface area contributed by atoms with E-state index in [0.717, 1.165) is 23.4 Å². The summed E-state index contributed by atoms with van der Waals surface area (Å²) in [6.45, 7) is 0. The second kappa shape index (κ2) is 3.90. The Bertz CT molecular complexity index is 390. The fraction of sp³-hybridized carbons (Fsp3) is 0.364. The largest absolute Gasteiger partial charge is 0.496 e. The van der Waals surface area contributed by atoms with Crippen molar-refractivity contribution in [1.29, 1.82) is 0 Å². The van der Waals surface area contributed by atoms with Crippen molar-refractivity contribution in [2.24, 2.45) is 5.73 Å². The molecule has 3 N–H and O–H groups in total. The Morgan fingerprint density at radius 1 is 1.53 bits per heavy atom. The van der Waals surface area contributed by atoms with Crippen LogP contribution in [0.5, 0.6) is 5.75 Å². The topological polar surface area (TPSA) is 64.3 Å². The molecule has 0 fully saturated rings. The summed E-state index contributed by atoms with van der Waals surface area (Å²) in [6, 6.07) is 5.19. The molecule has 15 heavy (non-hydrogen) atoms. The van der Waals surface area contributed by atoms with E-state index in [-0.39, 0.29) is 5.91 Å². The highest BCUT2D eigenvalue weighted by molar-refractivity contribution is 5.96. The first-order chi connectivity index (χ1) is 7.22. The third-order valence-corrected chi connectivity index (χ3v) is 2.65. The van der Waals surface area contributed by atoms with Crippen molar-refractivity contribution < 1.29 is 9.53 Å². The third-order valence-electron chi connectivity index (χ3n) is 2.65. The number of carbonyl (C=O) groups is 1. The number of anilines is 1. The van der Waals surface area contributed by atoms with Crippen molar-refractivity contribution >= 4 is 11.6 Å². The number of nitrogens with one attached hydrogen (secondary N) is 1. The van der Waals surface area contributed by atoms with Gasteiger partial charge in [-0.25, -0.2) is 0 Å². The van der Waals surface area contributed by atoms with Gasteiger partial charge in [-0.05, 0) is 25.0 Å². The zero-order chi connectivity index (χ0) is 10.8. The maximum Gasteiger partial charge on any atom is 0.241 e. The Morgan fingerprint density at radius 2 is 2.33 bits per heavy atom. The van der Waals surface area contributed by atoms with Gasteiger partial charge in [-0.1, -0.05) is 6.07 Å². The van der Waals surface area contributed by atoms with Crippen molar-refractivity contribution in [3.63, 3.8) is 0 Å². The second-order valence-corrected chi connectivity index (χ2v) is 3.62. The molecule has 0 saturated heterocycles. The zero-order valence-electron chi connectivity index (χ0n) is 8.62. The van der Waals surface area contributed by atoms with Crippen LogP contribution >= 0.6 is 0 Å². The Balaban J connectivity index is 2.42. The van der Waals surface area contributed by atoms with Gasteiger partial charge in [0.2, 0.25) is 5.91 Å². The molecule has 0 spiro atoms. The number of hydrogen-bond acceptors (Lipinski definition) is 3. The lowest BCUT2D eigenvalue weighted by Crippen LogP contribution is -2.34. The maximum atomic E-state index is 11.5. The number of fused-ring (bicyclic) bond motifs is 1. The predicted molar refractivity (Wildman–Crippen MR) is 57.9 cm³/mol. The standard InChI is InChI=1S/C11H14N2O2/c1-15-10-4-2-3-9-7(10)5-6-8(12)11(14)13-9/h2-4,8H,5-6,12H2,1H3,(H,13,14). The molecule has 4 heteroatoms. The molecule has 1 amide bonds. The molecule has 1 atom stereocenters. The fourth-order valence-electron chi connectivity index (χ4n) is 1.79. The van der Waals surface area contributed by atoms with Crippen LogP contribution < -0.4 is 15.8 Å². The Morgan fingerprint density at radius 3 is 3.07 bits per heavy atom. The summed E-state index contributed by atoms with van der Waals surface area (Å²) in [5.41, 5.74) is 7.54. The second-order valence-electron chi connectivity index (χ2n) is 3.62. The van der Waals surface area contributed by atoms with Crippen LogP contribution in [0.1, 0.15) is 12.0 Å². The lowest BCUT2D eigenvalue weighted by atomic mass is 10.1. The fourth-order valence-corrected chi connectivity index (χ4v) is 1.79. The van der Waals surface area contributed by atoms with E-state index in [0.29, 0.717) is 6.42 Å². The van der Waals surface area contributed by atoms with Gasteiger partial charge in [-0.2, -0.15) is 0 Å². The SMILES string of the molecule is COc1cccc2c1CCC(N)C(=O)N2. The number of carbonyl (C=O) groups excluding carboxylic acids is 1. The molecular formula is C11H14N2O2. The van der Waals surface area contributed by atoms with Crippen LogP contribution in [0.15, 0.2) is 18.2 Å². The van der Waals surface area contributed by atoms with E-state index in [4.69, 9.17) is 10.5 Å². The number of methoxy groups -OCH3 is 1. The van der Waals surface area contributed by atoms with Crippen molar-refractivity contribution in [2.45, 2.75) is 18.9 Å². The minimum absolute atomic E-state index is 0.123. The molecule has 1 aliphatic heterocycles. The molecule has 4 nitrogen and oxygen atoms in total. The minimum atomic E-state index is -0.429. The summed E-state index contributed by atoms with van der Waals surface area (Å²) in [5, 5.41) is 2.80. The van der Waals surface area contributed by atoms with Crippen LogP contribution in [0.2, 0.25) is 0 Å².